The van der Waals surface area contributed by atoms with E-state index in [2.05, 4.69) is 23.4 Å². The molecular weight excluding hydrogens is 537 g/mol. The second-order valence-corrected chi connectivity index (χ2v) is 10.8. The second kappa shape index (κ2) is 28.8. The first-order valence-corrected chi connectivity index (χ1v) is 15.6. The molecular formula is C29H58INOS. The standard InChI is InChI=1S/C29H57NOS.HI/c1-2-3-4-5-6-7-8-9-10-11-12-13-14-15-16-17-18-19-20-22-26-31-27-23-21-24-30-25-28-32-29-30;/h25,28H,2-24,26-27,29H2,1H3;1H. The molecule has 0 unspecified atom stereocenters. The summed E-state index contributed by atoms with van der Waals surface area (Å²) in [6.45, 7) is 5.41. The molecule has 0 aromatic carbocycles. The van der Waals surface area contributed by atoms with E-state index in [1.807, 2.05) is 11.8 Å². The van der Waals surface area contributed by atoms with Crippen LogP contribution in [0.2, 0.25) is 0 Å². The van der Waals surface area contributed by atoms with Crippen LogP contribution in [0.1, 0.15) is 148 Å². The van der Waals surface area contributed by atoms with Crippen LogP contribution in [0.15, 0.2) is 11.6 Å². The monoisotopic (exact) mass is 595 g/mol. The highest BCUT2D eigenvalue weighted by Crippen LogP contribution is 2.16. The summed E-state index contributed by atoms with van der Waals surface area (Å²) in [7, 11) is 0. The maximum absolute atomic E-state index is 5.79. The van der Waals surface area contributed by atoms with E-state index in [4.69, 9.17) is 4.74 Å². The summed E-state index contributed by atoms with van der Waals surface area (Å²) < 4.78 is 5.79. The highest BCUT2D eigenvalue weighted by Gasteiger charge is 2.03. The van der Waals surface area contributed by atoms with Gasteiger partial charge in [-0.05, 0) is 24.7 Å². The fraction of sp³-hybridized carbons (Fsp3) is 0.931. The van der Waals surface area contributed by atoms with Crippen molar-refractivity contribution in [1.82, 2.24) is 4.90 Å². The lowest BCUT2D eigenvalue weighted by atomic mass is 10.0. The van der Waals surface area contributed by atoms with E-state index in [1.165, 1.54) is 148 Å². The maximum Gasteiger partial charge on any atom is 0.0675 e. The van der Waals surface area contributed by atoms with E-state index in [1.54, 1.807) is 0 Å². The third-order valence-electron chi connectivity index (χ3n) is 6.73. The van der Waals surface area contributed by atoms with Crippen LogP contribution in [-0.4, -0.2) is 30.5 Å². The highest BCUT2D eigenvalue weighted by molar-refractivity contribution is 14.0. The average molecular weight is 596 g/mol. The Morgan fingerprint density at radius 3 is 1.36 bits per heavy atom. The molecule has 0 atom stereocenters. The largest absolute Gasteiger partial charge is 0.381 e. The molecule has 2 nitrogen and oxygen atoms in total. The lowest BCUT2D eigenvalue weighted by Gasteiger charge is -2.13. The summed E-state index contributed by atoms with van der Waals surface area (Å²) in [4.78, 5) is 2.39. The fourth-order valence-corrected chi connectivity index (χ4v) is 5.28. The number of hydrogen-bond donors (Lipinski definition) is 0. The first-order valence-electron chi connectivity index (χ1n) is 14.5. The molecule has 1 heterocycles. The molecule has 1 aliphatic heterocycles. The van der Waals surface area contributed by atoms with Crippen molar-refractivity contribution in [2.45, 2.75) is 148 Å². The summed E-state index contributed by atoms with van der Waals surface area (Å²) in [6.07, 6.45) is 33.5. The van der Waals surface area contributed by atoms with Gasteiger partial charge in [-0.3, -0.25) is 0 Å². The predicted octanol–water partition coefficient (Wildman–Crippen LogP) is 10.7. The summed E-state index contributed by atoms with van der Waals surface area (Å²) in [5.41, 5.74) is 0. The summed E-state index contributed by atoms with van der Waals surface area (Å²) in [5, 5.41) is 2.19. The summed E-state index contributed by atoms with van der Waals surface area (Å²) >= 11 is 1.89. The minimum atomic E-state index is 0. The van der Waals surface area contributed by atoms with Crippen LogP contribution in [0.25, 0.3) is 0 Å². The molecule has 198 valence electrons. The van der Waals surface area contributed by atoms with Crippen LogP contribution < -0.4 is 0 Å². The van der Waals surface area contributed by atoms with Gasteiger partial charge in [-0.15, -0.1) is 35.7 Å². The van der Waals surface area contributed by atoms with Crippen molar-refractivity contribution >= 4 is 35.7 Å². The first kappa shape index (κ1) is 33.6. The van der Waals surface area contributed by atoms with Crippen LogP contribution in [0.4, 0.5) is 0 Å². The van der Waals surface area contributed by atoms with E-state index in [0.717, 1.165) is 19.1 Å². The van der Waals surface area contributed by atoms with Crippen molar-refractivity contribution in [2.24, 2.45) is 0 Å². The first-order chi connectivity index (χ1) is 15.9. The van der Waals surface area contributed by atoms with Gasteiger partial charge in [0, 0.05) is 26.0 Å². The number of halogens is 1. The molecule has 0 spiro atoms. The Morgan fingerprint density at radius 1 is 0.576 bits per heavy atom. The third kappa shape index (κ3) is 25.5. The lowest BCUT2D eigenvalue weighted by Crippen LogP contribution is -2.15. The quantitative estimate of drug-likeness (QED) is 0.0729. The number of hydrogen-bond acceptors (Lipinski definition) is 3. The number of rotatable bonds is 26. The van der Waals surface area contributed by atoms with Crippen LogP contribution in [0.5, 0.6) is 0 Å². The van der Waals surface area contributed by atoms with Gasteiger partial charge in [0.25, 0.3) is 0 Å². The van der Waals surface area contributed by atoms with Gasteiger partial charge in [-0.1, -0.05) is 129 Å². The average Bonchev–Trinajstić information content (AvgIpc) is 3.32. The fourth-order valence-electron chi connectivity index (χ4n) is 4.53. The Morgan fingerprint density at radius 2 is 0.970 bits per heavy atom. The number of nitrogens with zero attached hydrogens (tertiary/aromatic N) is 1. The van der Waals surface area contributed by atoms with E-state index in [0.29, 0.717) is 0 Å². The predicted molar refractivity (Wildman–Crippen MR) is 162 cm³/mol. The normalized spacial score (nSPS) is 13.1. The van der Waals surface area contributed by atoms with Gasteiger partial charge in [-0.25, -0.2) is 0 Å². The number of thioether (sulfide) groups is 1. The minimum Gasteiger partial charge on any atom is -0.381 e. The highest BCUT2D eigenvalue weighted by atomic mass is 127. The van der Waals surface area contributed by atoms with Gasteiger partial charge >= 0.3 is 0 Å². The molecule has 4 heteroatoms. The molecule has 0 saturated carbocycles. The third-order valence-corrected chi connectivity index (χ3v) is 7.53. The zero-order valence-corrected chi connectivity index (χ0v) is 25.4. The van der Waals surface area contributed by atoms with Crippen molar-refractivity contribution in [2.75, 3.05) is 25.6 Å². The number of unbranched alkanes of at least 4 members (excludes halogenated alkanes) is 20. The maximum atomic E-state index is 5.79. The van der Waals surface area contributed by atoms with Crippen LogP contribution in [0, 0.1) is 0 Å². The Labute approximate surface area is 229 Å². The lowest BCUT2D eigenvalue weighted by molar-refractivity contribution is 0.125. The summed E-state index contributed by atoms with van der Waals surface area (Å²) in [6, 6.07) is 0. The molecule has 33 heavy (non-hydrogen) atoms. The van der Waals surface area contributed by atoms with Crippen molar-refractivity contribution < 1.29 is 4.74 Å². The van der Waals surface area contributed by atoms with Gasteiger partial charge in [0.15, 0.2) is 0 Å². The van der Waals surface area contributed by atoms with Gasteiger partial charge in [0.1, 0.15) is 0 Å². The van der Waals surface area contributed by atoms with Crippen molar-refractivity contribution in [3.63, 3.8) is 0 Å². The Bertz CT molecular complexity index is 394. The van der Waals surface area contributed by atoms with Crippen molar-refractivity contribution in [1.29, 1.82) is 0 Å². The molecule has 1 aliphatic rings. The Kier molecular flexibility index (Phi) is 29.3. The SMILES string of the molecule is CCCCCCCCCCCCCCCCCCCCCCOCCCCN1C=CSC1.I. The van der Waals surface area contributed by atoms with Crippen LogP contribution in [-0.2, 0) is 4.74 Å². The molecule has 0 aliphatic carbocycles. The molecule has 0 radical (unpaired) electrons. The molecule has 0 aromatic rings. The zero-order chi connectivity index (χ0) is 22.8. The smallest absolute Gasteiger partial charge is 0.0675 e. The van der Waals surface area contributed by atoms with Crippen molar-refractivity contribution in [3.8, 4) is 0 Å². The number of ether oxygens (including phenoxy) is 1. The molecule has 0 saturated heterocycles. The van der Waals surface area contributed by atoms with Gasteiger partial charge in [-0.2, -0.15) is 0 Å². The van der Waals surface area contributed by atoms with Gasteiger partial charge in [0.05, 0.1) is 5.88 Å². The molecule has 1 rings (SSSR count). The Hall–Kier alpha value is 0.580. The molecule has 0 fully saturated rings. The van der Waals surface area contributed by atoms with Crippen LogP contribution in [0.3, 0.4) is 0 Å². The van der Waals surface area contributed by atoms with Gasteiger partial charge in [0.2, 0.25) is 0 Å². The second-order valence-electron chi connectivity index (χ2n) is 9.93. The van der Waals surface area contributed by atoms with Gasteiger partial charge < -0.3 is 9.64 Å². The van der Waals surface area contributed by atoms with Crippen molar-refractivity contribution in [3.05, 3.63) is 11.6 Å². The molecule has 0 aromatic heterocycles. The van der Waals surface area contributed by atoms with E-state index < -0.39 is 0 Å². The topological polar surface area (TPSA) is 12.5 Å². The van der Waals surface area contributed by atoms with E-state index >= 15 is 0 Å². The molecule has 0 bridgehead atoms. The molecule has 0 amide bonds. The minimum absolute atomic E-state index is 0. The zero-order valence-electron chi connectivity index (χ0n) is 22.2. The van der Waals surface area contributed by atoms with E-state index in [-0.39, 0.29) is 24.0 Å². The molecule has 0 N–H and O–H groups in total. The van der Waals surface area contributed by atoms with Crippen LogP contribution >= 0.6 is 35.7 Å². The van der Waals surface area contributed by atoms with E-state index in [9.17, 15) is 0 Å². The Balaban J connectivity index is 0.0000102. The summed E-state index contributed by atoms with van der Waals surface area (Å²) in [5.74, 6) is 1.14.